The summed E-state index contributed by atoms with van der Waals surface area (Å²) in [5.74, 6) is 0. The van der Waals surface area contributed by atoms with Crippen LogP contribution in [0.3, 0.4) is 0 Å². The number of carbonyl (C=O) groups excluding carboxylic acids is 1. The van der Waals surface area contributed by atoms with Gasteiger partial charge in [0.15, 0.2) is 0 Å². The van der Waals surface area contributed by atoms with Gasteiger partial charge in [0, 0.05) is 0 Å². The molecule has 3 nitrogen and oxygen atoms in total. The predicted octanol–water partition coefficient (Wildman–Crippen LogP) is -1.08. The van der Waals surface area contributed by atoms with Gasteiger partial charge in [-0.15, -0.1) is 0 Å². The van der Waals surface area contributed by atoms with E-state index in [1.807, 2.05) is 0 Å². The zero-order valence-corrected chi connectivity index (χ0v) is 3.14. The molecule has 0 spiro atoms. The fourth-order valence-corrected chi connectivity index (χ4v) is 0. The van der Waals surface area contributed by atoms with Crippen LogP contribution in [0.4, 0.5) is 0 Å². The first kappa shape index (κ1) is 8.87. The van der Waals surface area contributed by atoms with Crippen LogP contribution in [0.2, 0.25) is 0 Å². The summed E-state index contributed by atoms with van der Waals surface area (Å²) in [4.78, 5) is 7.50. The van der Waals surface area contributed by atoms with E-state index >= 15 is 0 Å². The van der Waals surface area contributed by atoms with Crippen LogP contribution in [-0.4, -0.2) is 11.0 Å². The van der Waals surface area contributed by atoms with Gasteiger partial charge in [0.05, 0.1) is 0 Å². The van der Waals surface area contributed by atoms with E-state index in [1.54, 1.807) is 0 Å². The molecule has 0 rings (SSSR count). The van der Waals surface area contributed by atoms with E-state index in [-0.39, 0.29) is 0 Å². The Hall–Kier alpha value is -0.0635. The van der Waals surface area contributed by atoms with Crippen LogP contribution >= 0.6 is 0 Å². The molecule has 0 saturated carbocycles. The normalized spacial score (nSPS) is 5.00. The molecule has 0 fully saturated rings. The second-order valence-corrected chi connectivity index (χ2v) is 0.251. The van der Waals surface area contributed by atoms with Crippen molar-refractivity contribution in [1.29, 1.82) is 0 Å². The van der Waals surface area contributed by atoms with E-state index in [0.717, 1.165) is 0 Å². The zero-order chi connectivity index (χ0) is 4.71. The molecule has 0 aromatic carbocycles. The molecule has 0 aromatic heterocycles. The maximum absolute atomic E-state index is 8.45. The molecule has 0 atom stereocenters. The third kappa shape index (κ3) is 3660. The molecular formula is CHCoO3. The molecule has 0 aromatic rings. The van der Waals surface area contributed by atoms with Crippen molar-refractivity contribution in [2.24, 2.45) is 0 Å². The molecule has 0 aliphatic carbocycles. The number of hydrogen-bond donors (Lipinski definition) is 1. The van der Waals surface area contributed by atoms with Crippen molar-refractivity contribution in [3.63, 3.8) is 0 Å². The zero-order valence-electron chi connectivity index (χ0n) is 2.10. The standard InChI is InChI=1S/CO.Co.H2O.O/c1-2;;;/h;;1H2;/q;+1;;/p-1. The van der Waals surface area contributed by atoms with Crippen molar-refractivity contribution in [1.82, 2.24) is 0 Å². The van der Waals surface area contributed by atoms with Gasteiger partial charge in [0.1, 0.15) is 0 Å². The molecule has 0 heterocycles. The summed E-state index contributed by atoms with van der Waals surface area (Å²) in [5, 5.41) is 0. The van der Waals surface area contributed by atoms with Gasteiger partial charge >= 0.3 is 23.0 Å². The van der Waals surface area contributed by atoms with Crippen LogP contribution in [0.5, 0.6) is 0 Å². The molecule has 0 aliphatic rings. The second-order valence-electron chi connectivity index (χ2n) is 0.0609. The van der Waals surface area contributed by atoms with Crippen molar-refractivity contribution >= 4 is 6.79 Å². The average molecular weight is 120 g/mol. The molecular weight excluding hydrogens is 119 g/mol. The predicted molar refractivity (Wildman–Crippen MR) is 8.60 cm³/mol. The van der Waals surface area contributed by atoms with Gasteiger partial charge in [0.2, 0.25) is 0 Å². The summed E-state index contributed by atoms with van der Waals surface area (Å²) in [6, 6.07) is 0. The van der Waals surface area contributed by atoms with Gasteiger partial charge in [-0.25, -0.2) is 0 Å². The Bertz CT molecular complexity index is 20.9. The van der Waals surface area contributed by atoms with Crippen LogP contribution < -0.4 is 0 Å². The van der Waals surface area contributed by atoms with E-state index in [1.165, 1.54) is 0 Å². The van der Waals surface area contributed by atoms with E-state index in [0.29, 0.717) is 0 Å². The first-order valence-corrected chi connectivity index (χ1v) is 1.38. The topological polar surface area (TPSA) is 54.4 Å². The van der Waals surface area contributed by atoms with Gasteiger partial charge in [-0.1, -0.05) is 0 Å². The van der Waals surface area contributed by atoms with Gasteiger partial charge in [-0.05, 0) is 0 Å². The Labute approximate surface area is 35.5 Å². The third-order valence-corrected chi connectivity index (χ3v) is 0. The SMILES string of the molecule is [C]=O.[O]=[Co][OH]. The summed E-state index contributed by atoms with van der Waals surface area (Å²) in [5.41, 5.74) is 0. The van der Waals surface area contributed by atoms with Crippen molar-refractivity contribution in [3.05, 3.63) is 0 Å². The van der Waals surface area contributed by atoms with Crippen LogP contribution in [-0.2, 0) is 23.6 Å². The van der Waals surface area contributed by atoms with Crippen molar-refractivity contribution < 1.29 is 27.8 Å². The molecule has 1 N–H and O–H groups in total. The summed E-state index contributed by atoms with van der Waals surface area (Å²) in [6.07, 6.45) is 0. The molecule has 5 heavy (non-hydrogen) atoms. The minimum absolute atomic E-state index is 0.812. The Morgan fingerprint density at radius 2 is 1.60 bits per heavy atom. The molecule has 2 radical (unpaired) electrons. The minimum atomic E-state index is -0.812. The van der Waals surface area contributed by atoms with Crippen molar-refractivity contribution in [2.75, 3.05) is 0 Å². The fraction of sp³-hybridized carbons (Fsp3) is 0. The second kappa shape index (κ2) is 38.7. The maximum atomic E-state index is 8.45. The molecule has 32 valence electrons. The first-order chi connectivity index (χ1) is 2.41. The third-order valence-electron chi connectivity index (χ3n) is 0. The Balaban J connectivity index is 0. The Morgan fingerprint density at radius 1 is 1.60 bits per heavy atom. The van der Waals surface area contributed by atoms with Gasteiger partial charge in [-0.2, -0.15) is 0 Å². The van der Waals surface area contributed by atoms with Crippen LogP contribution in [0.1, 0.15) is 0 Å². The summed E-state index contributed by atoms with van der Waals surface area (Å²) >= 11 is -0.812. The quantitative estimate of drug-likeness (QED) is 0.442. The van der Waals surface area contributed by atoms with E-state index in [2.05, 4.69) is 6.79 Å². The van der Waals surface area contributed by atoms with Gasteiger partial charge < -0.3 is 0 Å². The monoisotopic (exact) mass is 120 g/mol. The first-order valence-electron chi connectivity index (χ1n) is 0.489. The summed E-state index contributed by atoms with van der Waals surface area (Å²) in [7, 11) is 0. The fourth-order valence-electron chi connectivity index (χ4n) is 0. The van der Waals surface area contributed by atoms with Gasteiger partial charge in [0.25, 0.3) is 6.79 Å². The Kier molecular flexibility index (Phi) is 68.7. The average Bonchev–Trinajstić information content (AvgIpc) is 1.46. The van der Waals surface area contributed by atoms with Crippen LogP contribution in [0.15, 0.2) is 0 Å². The summed E-state index contributed by atoms with van der Waals surface area (Å²) in [6.45, 7) is 4.50. The van der Waals surface area contributed by atoms with Crippen LogP contribution in [0.25, 0.3) is 0 Å². The number of hydrogen-bond acceptors (Lipinski definition) is 2. The van der Waals surface area contributed by atoms with Crippen molar-refractivity contribution in [3.8, 4) is 0 Å². The molecule has 0 amide bonds. The molecule has 4 heteroatoms. The molecule has 0 bridgehead atoms. The van der Waals surface area contributed by atoms with E-state index < -0.39 is 15.0 Å². The Morgan fingerprint density at radius 3 is 1.60 bits per heavy atom. The van der Waals surface area contributed by atoms with Crippen molar-refractivity contribution in [2.45, 2.75) is 0 Å². The van der Waals surface area contributed by atoms with Gasteiger partial charge in [-0.3, -0.25) is 4.79 Å². The van der Waals surface area contributed by atoms with E-state index in [4.69, 9.17) is 12.9 Å². The molecule has 0 aliphatic heterocycles. The van der Waals surface area contributed by atoms with E-state index in [9.17, 15) is 0 Å². The summed E-state index contributed by atoms with van der Waals surface area (Å²) < 4.78 is 15.4. The molecule has 0 saturated heterocycles. The van der Waals surface area contributed by atoms with Crippen LogP contribution in [0, 0.1) is 0 Å². The molecule has 0 unspecified atom stereocenters. The number of rotatable bonds is 0.